The molecule has 0 unspecified atom stereocenters. The predicted molar refractivity (Wildman–Crippen MR) is 104 cm³/mol. The van der Waals surface area contributed by atoms with Crippen LogP contribution in [0, 0.1) is 0 Å². The lowest BCUT2D eigenvalue weighted by Gasteiger charge is -2.06. The minimum absolute atomic E-state index is 0.0258. The van der Waals surface area contributed by atoms with Crippen LogP contribution in [0.1, 0.15) is 110 Å². The third-order valence-electron chi connectivity index (χ3n) is 4.08. The third kappa shape index (κ3) is 32.0. The lowest BCUT2D eigenvalue weighted by Crippen LogP contribution is -2.50. The molecule has 0 fully saturated rings. The Morgan fingerprint density at radius 2 is 1.04 bits per heavy atom. The van der Waals surface area contributed by atoms with Gasteiger partial charge in [0, 0.05) is 0 Å². The van der Waals surface area contributed by atoms with Crippen molar-refractivity contribution in [2.75, 3.05) is 13.2 Å². The van der Waals surface area contributed by atoms with Crippen molar-refractivity contribution in [3.8, 4) is 0 Å². The zero-order valence-corrected chi connectivity index (χ0v) is 17.6. The van der Waals surface area contributed by atoms with Crippen LogP contribution in [0.4, 0.5) is 0 Å². The summed E-state index contributed by atoms with van der Waals surface area (Å²) in [5.41, 5.74) is 3.84. The molecule has 0 saturated heterocycles. The van der Waals surface area contributed by atoms with Gasteiger partial charge in [-0.15, -0.1) is 0 Å². The fourth-order valence-electron chi connectivity index (χ4n) is 2.53. The summed E-state index contributed by atoms with van der Waals surface area (Å²) in [4.78, 5) is 0. The predicted octanol–water partition coefficient (Wildman–Crippen LogP) is 4.58. The highest BCUT2D eigenvalue weighted by Crippen LogP contribution is 2.08. The molecule has 5 nitrogen and oxygen atoms in total. The highest BCUT2D eigenvalue weighted by molar-refractivity contribution is 7.80. The molecule has 3 N–H and O–H groups in total. The van der Waals surface area contributed by atoms with E-state index in [9.17, 15) is 13.0 Å². The standard InChI is InChI=1S/C11H25N.C8H18O4S/c1-2-3-4-5-6-7-8-9-10-11-12;1-2-3-4-5-6-7-8-12-13(9,10)11/h2-12H2,1H3;2-8H2,1H3,(H,9,10,11). The van der Waals surface area contributed by atoms with E-state index in [1.165, 1.54) is 77.0 Å². The van der Waals surface area contributed by atoms with Crippen molar-refractivity contribution < 1.29 is 22.9 Å². The molecule has 0 aromatic carbocycles. The molecule has 154 valence electrons. The normalized spacial score (nSPS) is 11.2. The fourth-order valence-corrected chi connectivity index (χ4v) is 2.85. The van der Waals surface area contributed by atoms with Crippen LogP contribution in [0.25, 0.3) is 0 Å². The van der Waals surface area contributed by atoms with Crippen LogP contribution in [0.15, 0.2) is 0 Å². The molecule has 0 aliphatic carbocycles. The molecule has 0 atom stereocenters. The lowest BCUT2D eigenvalue weighted by atomic mass is 10.1. The first-order valence-electron chi connectivity index (χ1n) is 10.4. The van der Waals surface area contributed by atoms with Crippen molar-refractivity contribution in [1.29, 1.82) is 0 Å². The Morgan fingerprint density at radius 1 is 0.680 bits per heavy atom. The number of quaternary nitrogens is 1. The topological polar surface area (TPSA) is 94.1 Å². The first-order chi connectivity index (χ1) is 12.0. The van der Waals surface area contributed by atoms with Gasteiger partial charge in [0.25, 0.3) is 0 Å². The minimum Gasteiger partial charge on any atom is -0.726 e. The molecule has 0 aromatic rings. The zero-order valence-electron chi connectivity index (χ0n) is 16.8. The second-order valence-corrected chi connectivity index (χ2v) is 7.73. The molecule has 0 radical (unpaired) electrons. The second-order valence-electron chi connectivity index (χ2n) is 6.68. The molecule has 0 aliphatic heterocycles. The Kier molecular flexibility index (Phi) is 23.7. The quantitative estimate of drug-likeness (QED) is 0.227. The fraction of sp³-hybridized carbons (Fsp3) is 1.00. The number of hydrogen-bond donors (Lipinski definition) is 1. The van der Waals surface area contributed by atoms with Gasteiger partial charge in [0.1, 0.15) is 0 Å². The minimum atomic E-state index is -4.47. The molecule has 0 aliphatic rings. The summed E-state index contributed by atoms with van der Waals surface area (Å²) in [6.07, 6.45) is 19.0. The molecule has 0 aromatic heterocycles. The lowest BCUT2D eigenvalue weighted by molar-refractivity contribution is -0.368. The van der Waals surface area contributed by atoms with Crippen molar-refractivity contribution in [2.24, 2.45) is 0 Å². The molecule has 25 heavy (non-hydrogen) atoms. The number of hydrogen-bond acceptors (Lipinski definition) is 4. The summed E-state index contributed by atoms with van der Waals surface area (Å²) in [6.45, 7) is 5.55. The van der Waals surface area contributed by atoms with E-state index in [1.807, 2.05) is 0 Å². The van der Waals surface area contributed by atoms with Crippen LogP contribution in [0.3, 0.4) is 0 Å². The van der Waals surface area contributed by atoms with Gasteiger partial charge in [-0.05, 0) is 19.3 Å². The molecule has 0 bridgehead atoms. The van der Waals surface area contributed by atoms with Gasteiger partial charge >= 0.3 is 0 Å². The van der Waals surface area contributed by atoms with Gasteiger partial charge in [-0.1, -0.05) is 90.9 Å². The Morgan fingerprint density at radius 3 is 1.40 bits per heavy atom. The average Bonchev–Trinajstić information content (AvgIpc) is 2.56. The van der Waals surface area contributed by atoms with Crippen LogP contribution in [-0.2, 0) is 14.6 Å². The second kappa shape index (κ2) is 21.9. The van der Waals surface area contributed by atoms with Gasteiger partial charge in [0.05, 0.1) is 13.2 Å². The third-order valence-corrected chi connectivity index (χ3v) is 4.53. The van der Waals surface area contributed by atoms with Crippen LogP contribution in [0.2, 0.25) is 0 Å². The molecule has 0 spiro atoms. The molecule has 0 saturated carbocycles. The van der Waals surface area contributed by atoms with Gasteiger partial charge in [0.15, 0.2) is 0 Å². The average molecular weight is 382 g/mol. The summed E-state index contributed by atoms with van der Waals surface area (Å²) in [6, 6.07) is 0. The maximum absolute atomic E-state index is 9.99. The van der Waals surface area contributed by atoms with Crippen molar-refractivity contribution in [2.45, 2.75) is 110 Å². The van der Waals surface area contributed by atoms with E-state index in [-0.39, 0.29) is 6.61 Å². The Balaban J connectivity index is 0. The Bertz CT molecular complexity index is 324. The zero-order chi connectivity index (χ0) is 19.2. The molecular formula is C19H43NO4S. The first kappa shape index (κ1) is 27.1. The SMILES string of the molecule is CCCCCCCCCCC[NH3+].CCCCCCCCOS(=O)(=O)[O-]. The number of rotatable bonds is 17. The van der Waals surface area contributed by atoms with Gasteiger partial charge < -0.3 is 10.3 Å². The summed E-state index contributed by atoms with van der Waals surface area (Å²) >= 11 is 0. The van der Waals surface area contributed by atoms with Crippen LogP contribution in [-0.4, -0.2) is 26.1 Å². The van der Waals surface area contributed by atoms with E-state index >= 15 is 0 Å². The summed E-state index contributed by atoms with van der Waals surface area (Å²) < 4.78 is 34.0. The Labute approximate surface area is 157 Å². The summed E-state index contributed by atoms with van der Waals surface area (Å²) in [7, 11) is -4.47. The highest BCUT2D eigenvalue weighted by Gasteiger charge is 1.94. The largest absolute Gasteiger partial charge is 0.726 e. The monoisotopic (exact) mass is 381 g/mol. The van der Waals surface area contributed by atoms with Gasteiger partial charge in [0.2, 0.25) is 10.4 Å². The molecule has 0 rings (SSSR count). The van der Waals surface area contributed by atoms with Crippen molar-refractivity contribution in [3.63, 3.8) is 0 Å². The molecular weight excluding hydrogens is 338 g/mol. The van der Waals surface area contributed by atoms with Gasteiger partial charge in [-0.2, -0.15) is 0 Å². The highest BCUT2D eigenvalue weighted by atomic mass is 32.3. The summed E-state index contributed by atoms with van der Waals surface area (Å²) in [5, 5.41) is 0. The van der Waals surface area contributed by atoms with E-state index in [4.69, 9.17) is 0 Å². The van der Waals surface area contributed by atoms with Crippen molar-refractivity contribution in [1.82, 2.24) is 0 Å². The van der Waals surface area contributed by atoms with Crippen molar-refractivity contribution in [3.05, 3.63) is 0 Å². The van der Waals surface area contributed by atoms with E-state index < -0.39 is 10.4 Å². The van der Waals surface area contributed by atoms with E-state index in [0.717, 1.165) is 19.4 Å². The first-order valence-corrected chi connectivity index (χ1v) is 11.7. The van der Waals surface area contributed by atoms with Crippen LogP contribution >= 0.6 is 0 Å². The van der Waals surface area contributed by atoms with E-state index in [2.05, 4.69) is 23.8 Å². The number of unbranched alkanes of at least 4 members (excludes halogenated alkanes) is 13. The van der Waals surface area contributed by atoms with E-state index in [0.29, 0.717) is 6.42 Å². The van der Waals surface area contributed by atoms with Gasteiger partial charge in [-0.25, -0.2) is 8.42 Å². The maximum atomic E-state index is 9.99. The van der Waals surface area contributed by atoms with Crippen LogP contribution in [0.5, 0.6) is 0 Å². The van der Waals surface area contributed by atoms with Crippen LogP contribution < -0.4 is 5.73 Å². The van der Waals surface area contributed by atoms with E-state index in [1.54, 1.807) is 0 Å². The van der Waals surface area contributed by atoms with Crippen molar-refractivity contribution >= 4 is 10.4 Å². The molecule has 6 heteroatoms. The smallest absolute Gasteiger partial charge is 0.217 e. The maximum Gasteiger partial charge on any atom is 0.217 e. The van der Waals surface area contributed by atoms with Gasteiger partial charge in [-0.3, -0.25) is 4.18 Å². The summed E-state index contributed by atoms with van der Waals surface area (Å²) in [5.74, 6) is 0. The molecule has 0 heterocycles. The molecule has 0 amide bonds. The Hall–Kier alpha value is -0.170.